The van der Waals surface area contributed by atoms with Crippen LogP contribution >= 0.6 is 0 Å². The average molecular weight is 632 g/mol. The van der Waals surface area contributed by atoms with Gasteiger partial charge in [-0.3, -0.25) is 14.4 Å². The van der Waals surface area contributed by atoms with Crippen molar-refractivity contribution in [2.24, 2.45) is 0 Å². The van der Waals surface area contributed by atoms with Gasteiger partial charge in [-0.15, -0.1) is 0 Å². The van der Waals surface area contributed by atoms with Crippen LogP contribution in [0.5, 0.6) is 5.75 Å². The normalized spacial score (nSPS) is 17.4. The largest absolute Gasteiger partial charge is 0.484 e. The summed E-state index contributed by atoms with van der Waals surface area (Å²) in [5.74, 6) is -2.82. The molecule has 1 heterocycles. The second-order valence-electron chi connectivity index (χ2n) is 9.72. The van der Waals surface area contributed by atoms with Crippen molar-refractivity contribution in [2.75, 3.05) is 22.7 Å². The molecule has 0 radical (unpaired) electrons. The fraction of sp³-hybridized carbons (Fsp3) is 0.417. The molecule has 18 heteroatoms. The van der Waals surface area contributed by atoms with Crippen LogP contribution in [0.1, 0.15) is 20.8 Å². The number of alkyl halides is 6. The standard InChI is InChI=1S/C24H24F7N3O7S/c1-21(2,23(26,27)28)41-20(36)33-14-6-9-18-17(10-14)34(42(38,39)16-7-4-13(25)5-8-16)12-15(40-18)11-32-19(35)22(3,37)24(29,30)31/h4-10,15,37H,11-12H2,1-3H3,(H,32,35)(H,33,36). The number of carbonyl (C=O) groups is 2. The molecule has 42 heavy (non-hydrogen) atoms. The van der Waals surface area contributed by atoms with Crippen LogP contribution in [-0.2, 0) is 19.6 Å². The first-order valence-electron chi connectivity index (χ1n) is 11.8. The molecule has 0 aromatic heterocycles. The maximum Gasteiger partial charge on any atom is 0.427 e. The molecule has 0 saturated heterocycles. The van der Waals surface area contributed by atoms with Gasteiger partial charge in [-0.2, -0.15) is 26.3 Å². The van der Waals surface area contributed by atoms with Gasteiger partial charge in [-0.25, -0.2) is 17.6 Å². The molecule has 0 spiro atoms. The summed E-state index contributed by atoms with van der Waals surface area (Å²) in [5, 5.41) is 13.4. The molecule has 0 saturated carbocycles. The molecule has 2 aromatic rings. The number of halogens is 7. The predicted molar refractivity (Wildman–Crippen MR) is 132 cm³/mol. The second kappa shape index (κ2) is 11.1. The molecule has 2 atom stereocenters. The average Bonchev–Trinajstić information content (AvgIpc) is 2.85. The number of nitrogens with zero attached hydrogens (tertiary/aromatic N) is 1. The minimum atomic E-state index is -5.32. The molecule has 232 valence electrons. The Morgan fingerprint density at radius 3 is 2.17 bits per heavy atom. The Balaban J connectivity index is 1.94. The highest BCUT2D eigenvalue weighted by molar-refractivity contribution is 7.92. The van der Waals surface area contributed by atoms with E-state index >= 15 is 0 Å². The number of fused-ring (bicyclic) bond motifs is 1. The van der Waals surface area contributed by atoms with Crippen LogP contribution in [-0.4, -0.2) is 68.3 Å². The number of sulfonamides is 1. The van der Waals surface area contributed by atoms with Crippen LogP contribution in [0, 0.1) is 5.82 Å². The first kappa shape index (κ1) is 32.7. The van der Waals surface area contributed by atoms with E-state index < -0.39 is 75.5 Å². The number of hydrogen-bond acceptors (Lipinski definition) is 7. The van der Waals surface area contributed by atoms with E-state index in [-0.39, 0.29) is 24.0 Å². The Morgan fingerprint density at radius 2 is 1.62 bits per heavy atom. The van der Waals surface area contributed by atoms with Gasteiger partial charge in [-0.1, -0.05) is 0 Å². The maximum absolute atomic E-state index is 13.5. The molecule has 2 amide bonds. The highest BCUT2D eigenvalue weighted by Crippen LogP contribution is 2.40. The fourth-order valence-corrected chi connectivity index (χ4v) is 4.90. The maximum atomic E-state index is 13.5. The lowest BCUT2D eigenvalue weighted by atomic mass is 10.1. The number of amides is 2. The molecule has 2 unspecified atom stereocenters. The minimum Gasteiger partial charge on any atom is -0.484 e. The lowest BCUT2D eigenvalue weighted by Gasteiger charge is -2.36. The summed E-state index contributed by atoms with van der Waals surface area (Å²) < 4.78 is 129. The fourth-order valence-electron chi connectivity index (χ4n) is 3.40. The van der Waals surface area contributed by atoms with Crippen molar-refractivity contribution < 1.29 is 63.3 Å². The van der Waals surface area contributed by atoms with Gasteiger partial charge in [0.15, 0.2) is 0 Å². The molecule has 1 aliphatic rings. The number of nitrogens with one attached hydrogen (secondary N) is 2. The molecule has 10 nitrogen and oxygen atoms in total. The number of aliphatic hydroxyl groups is 1. The van der Waals surface area contributed by atoms with Gasteiger partial charge >= 0.3 is 18.4 Å². The summed E-state index contributed by atoms with van der Waals surface area (Å²) in [6.07, 6.45) is -13.1. The van der Waals surface area contributed by atoms with Crippen LogP contribution < -0.4 is 19.7 Å². The SMILES string of the molecule is CC(C)(OC(=O)Nc1ccc2c(c1)N(S(=O)(=O)c1ccc(F)cc1)CC(CNC(=O)C(C)(O)C(F)(F)F)O2)C(F)(F)F. The van der Waals surface area contributed by atoms with E-state index in [0.717, 1.165) is 42.5 Å². The highest BCUT2D eigenvalue weighted by Gasteiger charge is 2.56. The van der Waals surface area contributed by atoms with Crippen molar-refractivity contribution in [3.63, 3.8) is 0 Å². The zero-order chi connectivity index (χ0) is 31.9. The highest BCUT2D eigenvalue weighted by atomic mass is 32.2. The topological polar surface area (TPSA) is 134 Å². The molecule has 0 bridgehead atoms. The van der Waals surface area contributed by atoms with Crippen molar-refractivity contribution in [3.8, 4) is 5.75 Å². The summed E-state index contributed by atoms with van der Waals surface area (Å²) >= 11 is 0. The van der Waals surface area contributed by atoms with Gasteiger partial charge in [0, 0.05) is 5.69 Å². The third-order valence-corrected chi connectivity index (χ3v) is 7.85. The monoisotopic (exact) mass is 631 g/mol. The first-order chi connectivity index (χ1) is 19.1. The number of benzene rings is 2. The zero-order valence-electron chi connectivity index (χ0n) is 21.9. The third-order valence-electron chi connectivity index (χ3n) is 6.05. The van der Waals surface area contributed by atoms with E-state index in [9.17, 15) is 53.8 Å². The van der Waals surface area contributed by atoms with Crippen molar-refractivity contribution >= 4 is 33.4 Å². The predicted octanol–water partition coefficient (Wildman–Crippen LogP) is 4.10. The van der Waals surface area contributed by atoms with E-state index in [2.05, 4.69) is 4.74 Å². The molecular weight excluding hydrogens is 607 g/mol. The van der Waals surface area contributed by atoms with E-state index in [1.807, 2.05) is 10.6 Å². The van der Waals surface area contributed by atoms with Crippen molar-refractivity contribution in [3.05, 3.63) is 48.3 Å². The van der Waals surface area contributed by atoms with Crippen molar-refractivity contribution in [2.45, 2.75) is 55.3 Å². The van der Waals surface area contributed by atoms with Gasteiger partial charge < -0.3 is 19.9 Å². The number of carbonyl (C=O) groups excluding carboxylic acids is 2. The van der Waals surface area contributed by atoms with E-state index in [1.165, 1.54) is 0 Å². The lowest BCUT2D eigenvalue weighted by molar-refractivity contribution is -0.245. The van der Waals surface area contributed by atoms with Gasteiger partial charge in [0.25, 0.3) is 15.9 Å². The Bertz CT molecular complexity index is 1440. The first-order valence-corrected chi connectivity index (χ1v) is 13.2. The quantitative estimate of drug-likeness (QED) is 0.392. The Hall–Kier alpha value is -3.80. The molecule has 0 aliphatic carbocycles. The van der Waals surface area contributed by atoms with Gasteiger partial charge in [-0.05, 0) is 63.2 Å². The van der Waals surface area contributed by atoms with Crippen molar-refractivity contribution in [1.82, 2.24) is 5.32 Å². The van der Waals surface area contributed by atoms with Crippen molar-refractivity contribution in [1.29, 1.82) is 0 Å². The van der Waals surface area contributed by atoms with E-state index in [1.54, 1.807) is 0 Å². The number of rotatable bonds is 7. The van der Waals surface area contributed by atoms with Crippen LogP contribution in [0.2, 0.25) is 0 Å². The second-order valence-corrected chi connectivity index (χ2v) is 11.6. The summed E-state index contributed by atoms with van der Waals surface area (Å²) in [7, 11) is -4.56. The van der Waals surface area contributed by atoms with Gasteiger partial charge in [0.05, 0.1) is 23.7 Å². The Kier molecular flexibility index (Phi) is 8.66. The molecule has 2 aromatic carbocycles. The Morgan fingerprint density at radius 1 is 1.02 bits per heavy atom. The number of hydrogen-bond donors (Lipinski definition) is 3. The van der Waals surface area contributed by atoms with Gasteiger partial charge in [0.2, 0.25) is 11.2 Å². The zero-order valence-corrected chi connectivity index (χ0v) is 22.7. The summed E-state index contributed by atoms with van der Waals surface area (Å²) in [6.45, 7) is 0.0868. The minimum absolute atomic E-state index is 0.219. The summed E-state index contributed by atoms with van der Waals surface area (Å²) in [6, 6.07) is 6.78. The molecule has 1 aliphatic heterocycles. The van der Waals surface area contributed by atoms with Crippen LogP contribution in [0.4, 0.5) is 46.9 Å². The number of ether oxygens (including phenoxy) is 2. The molecule has 0 fully saturated rings. The van der Waals surface area contributed by atoms with E-state index in [0.29, 0.717) is 18.2 Å². The third kappa shape index (κ3) is 6.80. The number of anilines is 2. The molecule has 3 rings (SSSR count). The lowest BCUT2D eigenvalue weighted by Crippen LogP contribution is -2.57. The smallest absolute Gasteiger partial charge is 0.427 e. The van der Waals surface area contributed by atoms with Crippen LogP contribution in [0.25, 0.3) is 0 Å². The summed E-state index contributed by atoms with van der Waals surface area (Å²) in [4.78, 5) is 23.7. The van der Waals surface area contributed by atoms with Crippen LogP contribution in [0.3, 0.4) is 0 Å². The van der Waals surface area contributed by atoms with E-state index in [4.69, 9.17) is 4.74 Å². The van der Waals surface area contributed by atoms with Gasteiger partial charge in [0.1, 0.15) is 17.7 Å². The van der Waals surface area contributed by atoms with Crippen LogP contribution in [0.15, 0.2) is 47.4 Å². The molecule has 3 N–H and O–H groups in total. The summed E-state index contributed by atoms with van der Waals surface area (Å²) in [5.41, 5.74) is -7.14. The molecular formula is C24H24F7N3O7S. The Labute approximate surface area is 234 Å².